The predicted molar refractivity (Wildman–Crippen MR) is 119 cm³/mol. The highest BCUT2D eigenvalue weighted by Gasteiger charge is 2.46. The molecule has 4 aromatic heterocycles. The number of aryl methyl sites for hydroxylation is 2. The van der Waals surface area contributed by atoms with E-state index in [9.17, 15) is 0 Å². The summed E-state index contributed by atoms with van der Waals surface area (Å²) in [7, 11) is 1.96. The van der Waals surface area contributed by atoms with Crippen molar-refractivity contribution in [3.8, 4) is 22.8 Å². The zero-order valence-electron chi connectivity index (χ0n) is 18.7. The van der Waals surface area contributed by atoms with E-state index < -0.39 is 5.60 Å². The van der Waals surface area contributed by atoms with E-state index in [4.69, 9.17) is 24.7 Å². The van der Waals surface area contributed by atoms with Gasteiger partial charge in [0.1, 0.15) is 11.3 Å². The van der Waals surface area contributed by atoms with Crippen molar-refractivity contribution in [1.82, 2.24) is 39.5 Å². The van der Waals surface area contributed by atoms with Gasteiger partial charge in [0, 0.05) is 38.3 Å². The molecule has 170 valence electrons. The van der Waals surface area contributed by atoms with Crippen LogP contribution in [0.2, 0.25) is 0 Å². The van der Waals surface area contributed by atoms with Gasteiger partial charge in [-0.2, -0.15) is 15.3 Å². The third kappa shape index (κ3) is 2.84. The Morgan fingerprint density at radius 3 is 2.88 bits per heavy atom. The molecule has 0 aliphatic carbocycles. The van der Waals surface area contributed by atoms with Crippen LogP contribution in [-0.2, 0) is 22.1 Å². The molecular formula is C23H26N8O2. The third-order valence-corrected chi connectivity index (χ3v) is 7.15. The molecule has 4 aromatic rings. The second-order valence-corrected chi connectivity index (χ2v) is 9.30. The van der Waals surface area contributed by atoms with Crippen LogP contribution >= 0.6 is 0 Å². The van der Waals surface area contributed by atoms with Crippen LogP contribution in [0.1, 0.15) is 36.9 Å². The molecule has 7 rings (SSSR count). The maximum atomic E-state index is 6.52. The third-order valence-electron chi connectivity index (χ3n) is 7.15. The van der Waals surface area contributed by atoms with E-state index in [0.29, 0.717) is 0 Å². The molecule has 0 spiro atoms. The number of hydrogen-bond acceptors (Lipinski definition) is 7. The van der Waals surface area contributed by atoms with Crippen LogP contribution in [0.4, 0.5) is 0 Å². The summed E-state index contributed by atoms with van der Waals surface area (Å²) in [5, 5.41) is 17.8. The molecule has 3 saturated heterocycles. The molecule has 33 heavy (non-hydrogen) atoms. The first kappa shape index (κ1) is 19.4. The summed E-state index contributed by atoms with van der Waals surface area (Å²) < 4.78 is 18.0. The summed E-state index contributed by atoms with van der Waals surface area (Å²) in [4.78, 5) is 4.82. The normalized spacial score (nSPS) is 26.7. The van der Waals surface area contributed by atoms with Crippen molar-refractivity contribution in [1.29, 1.82) is 0 Å². The summed E-state index contributed by atoms with van der Waals surface area (Å²) >= 11 is 0. The van der Waals surface area contributed by atoms with Crippen LogP contribution in [-0.4, -0.2) is 60.0 Å². The molecule has 0 aromatic carbocycles. The highest BCUT2D eigenvalue weighted by molar-refractivity contribution is 5.80. The Hall–Kier alpha value is -3.08. The number of fused-ring (bicyclic) bond motifs is 3. The molecule has 3 aliphatic rings. The Bertz CT molecular complexity index is 1360. The fourth-order valence-electron chi connectivity index (χ4n) is 5.36. The highest BCUT2D eigenvalue weighted by atomic mass is 16.5. The van der Waals surface area contributed by atoms with E-state index in [1.54, 1.807) is 0 Å². The number of morpholine rings is 1. The van der Waals surface area contributed by atoms with Gasteiger partial charge in [-0.3, -0.25) is 4.68 Å². The number of nitrogens with one attached hydrogen (secondary N) is 1. The number of rotatable bonds is 4. The lowest BCUT2D eigenvalue weighted by molar-refractivity contribution is -0.105. The zero-order chi connectivity index (χ0) is 22.2. The largest absolute Gasteiger partial charge is 0.363 e. The van der Waals surface area contributed by atoms with Crippen LogP contribution in [0.3, 0.4) is 0 Å². The van der Waals surface area contributed by atoms with Crippen molar-refractivity contribution in [2.75, 3.05) is 19.7 Å². The first-order valence-corrected chi connectivity index (χ1v) is 11.6. The highest BCUT2D eigenvalue weighted by Crippen LogP contribution is 2.42. The SMILES string of the molecule is Cc1cc(-c2ncc3c(-c4ccnn4C)cc(C45CCC(CNC4)O5)nn23)n(C2CCO2)n1. The van der Waals surface area contributed by atoms with E-state index in [2.05, 4.69) is 22.5 Å². The van der Waals surface area contributed by atoms with Gasteiger partial charge in [-0.25, -0.2) is 14.2 Å². The average Bonchev–Trinajstić information content (AvgIpc) is 3.53. The lowest BCUT2D eigenvalue weighted by atomic mass is 9.94. The summed E-state index contributed by atoms with van der Waals surface area (Å²) in [5.41, 5.74) is 5.29. The Balaban J connectivity index is 1.47. The van der Waals surface area contributed by atoms with Gasteiger partial charge in [0.2, 0.25) is 0 Å². The molecule has 3 fully saturated rings. The number of ether oxygens (including phenoxy) is 2. The van der Waals surface area contributed by atoms with Crippen LogP contribution in [0, 0.1) is 6.92 Å². The minimum Gasteiger partial charge on any atom is -0.363 e. The smallest absolute Gasteiger partial charge is 0.179 e. The second-order valence-electron chi connectivity index (χ2n) is 9.30. The average molecular weight is 447 g/mol. The molecule has 3 atom stereocenters. The molecule has 2 bridgehead atoms. The quantitative estimate of drug-likeness (QED) is 0.513. The molecule has 10 heteroatoms. The summed E-state index contributed by atoms with van der Waals surface area (Å²) in [6.07, 6.45) is 6.82. The molecule has 0 amide bonds. The molecule has 1 N–H and O–H groups in total. The number of imidazole rings is 1. The zero-order valence-corrected chi connectivity index (χ0v) is 18.7. The molecular weight excluding hydrogens is 420 g/mol. The second kappa shape index (κ2) is 6.96. The van der Waals surface area contributed by atoms with Gasteiger partial charge in [-0.05, 0) is 38.0 Å². The van der Waals surface area contributed by atoms with Gasteiger partial charge in [0.15, 0.2) is 12.1 Å². The van der Waals surface area contributed by atoms with Crippen LogP contribution < -0.4 is 5.32 Å². The summed E-state index contributed by atoms with van der Waals surface area (Å²) in [5.74, 6) is 0.751. The fourth-order valence-corrected chi connectivity index (χ4v) is 5.36. The van der Waals surface area contributed by atoms with Gasteiger partial charge >= 0.3 is 0 Å². The molecule has 3 aliphatic heterocycles. The van der Waals surface area contributed by atoms with Crippen molar-refractivity contribution in [3.63, 3.8) is 0 Å². The maximum Gasteiger partial charge on any atom is 0.179 e. The molecule has 0 saturated carbocycles. The van der Waals surface area contributed by atoms with Crippen molar-refractivity contribution >= 4 is 5.52 Å². The van der Waals surface area contributed by atoms with Crippen LogP contribution in [0.5, 0.6) is 0 Å². The van der Waals surface area contributed by atoms with Crippen LogP contribution in [0.15, 0.2) is 30.6 Å². The van der Waals surface area contributed by atoms with Gasteiger partial charge in [0.25, 0.3) is 0 Å². The maximum absolute atomic E-state index is 6.52. The van der Waals surface area contributed by atoms with E-state index in [0.717, 1.165) is 78.6 Å². The standard InChI is InChI=1S/C23H26N8O2/c1-14-9-18(30(27-14)21-5-8-32-21)22-25-12-19-16(17-4-7-26-29(17)2)10-20(28-31(19)22)23-6-3-15(33-23)11-24-13-23/h4,7,9-10,12,15,21,24H,3,5-6,8,11,13H2,1-2H3. The summed E-state index contributed by atoms with van der Waals surface area (Å²) in [6.45, 7) is 4.40. The fraction of sp³-hybridized carbons (Fsp3) is 0.478. The monoisotopic (exact) mass is 446 g/mol. The first-order chi connectivity index (χ1) is 16.1. The van der Waals surface area contributed by atoms with Crippen molar-refractivity contribution in [2.24, 2.45) is 7.05 Å². The van der Waals surface area contributed by atoms with Crippen molar-refractivity contribution in [3.05, 3.63) is 42.0 Å². The molecule has 0 radical (unpaired) electrons. The van der Waals surface area contributed by atoms with Gasteiger partial charge < -0.3 is 14.8 Å². The van der Waals surface area contributed by atoms with Gasteiger partial charge in [-0.1, -0.05) is 0 Å². The molecule has 7 heterocycles. The lowest BCUT2D eigenvalue weighted by Gasteiger charge is -2.33. The van der Waals surface area contributed by atoms with Gasteiger partial charge in [-0.15, -0.1) is 0 Å². The first-order valence-electron chi connectivity index (χ1n) is 11.6. The number of aromatic nitrogens is 7. The number of nitrogens with zero attached hydrogens (tertiary/aromatic N) is 7. The van der Waals surface area contributed by atoms with E-state index in [1.165, 1.54) is 0 Å². The predicted octanol–water partition coefficient (Wildman–Crippen LogP) is 2.20. The van der Waals surface area contributed by atoms with E-state index >= 15 is 0 Å². The Morgan fingerprint density at radius 2 is 2.09 bits per heavy atom. The number of hydrogen-bond donors (Lipinski definition) is 1. The Kier molecular flexibility index (Phi) is 4.09. The molecule has 3 unspecified atom stereocenters. The van der Waals surface area contributed by atoms with Crippen LogP contribution in [0.25, 0.3) is 28.3 Å². The van der Waals surface area contributed by atoms with E-state index in [1.807, 2.05) is 46.3 Å². The topological polar surface area (TPSA) is 96.3 Å². The van der Waals surface area contributed by atoms with E-state index in [-0.39, 0.29) is 12.3 Å². The van der Waals surface area contributed by atoms with Gasteiger partial charge in [0.05, 0.1) is 41.5 Å². The minimum absolute atomic E-state index is 0.0548. The van der Waals surface area contributed by atoms with Crippen molar-refractivity contribution < 1.29 is 9.47 Å². The molecule has 10 nitrogen and oxygen atoms in total. The minimum atomic E-state index is -0.431. The summed E-state index contributed by atoms with van der Waals surface area (Å²) in [6, 6.07) is 6.24. The van der Waals surface area contributed by atoms with Crippen molar-refractivity contribution in [2.45, 2.75) is 44.1 Å². The Labute approximate surface area is 190 Å². The lowest BCUT2D eigenvalue weighted by Crippen LogP contribution is -2.46. The Morgan fingerprint density at radius 1 is 1.18 bits per heavy atom.